The molecule has 6 heteroatoms. The maximum atomic E-state index is 13.1. The molecule has 0 saturated carbocycles. The maximum absolute atomic E-state index is 13.1. The fourth-order valence-corrected chi connectivity index (χ4v) is 3.40. The van der Waals surface area contributed by atoms with Crippen LogP contribution in [0.1, 0.15) is 46.5 Å². The summed E-state index contributed by atoms with van der Waals surface area (Å²) in [6.45, 7) is 5.81. The van der Waals surface area contributed by atoms with Gasteiger partial charge >= 0.3 is 0 Å². The minimum Gasteiger partial charge on any atom is -0.495 e. The van der Waals surface area contributed by atoms with Crippen LogP contribution in [0.4, 0.5) is 5.69 Å². The van der Waals surface area contributed by atoms with E-state index in [0.29, 0.717) is 29.0 Å². The molecule has 0 radical (unpaired) electrons. The molecule has 28 heavy (non-hydrogen) atoms. The summed E-state index contributed by atoms with van der Waals surface area (Å²) in [6.07, 6.45) is 0.367. The molecule has 0 fully saturated rings. The highest BCUT2D eigenvalue weighted by Crippen LogP contribution is 2.29. The molecule has 1 heterocycles. The second kappa shape index (κ2) is 7.84. The summed E-state index contributed by atoms with van der Waals surface area (Å²) in [5.74, 6) is -0.647. The molecular formula is C22H24N2O4. The van der Waals surface area contributed by atoms with Crippen LogP contribution < -0.4 is 10.1 Å². The zero-order valence-corrected chi connectivity index (χ0v) is 16.5. The lowest BCUT2D eigenvalue weighted by Crippen LogP contribution is -2.48. The van der Waals surface area contributed by atoms with Gasteiger partial charge in [0.25, 0.3) is 11.8 Å². The number of aryl methyl sites for hydroxylation is 1. The van der Waals surface area contributed by atoms with Crippen LogP contribution in [0.25, 0.3) is 0 Å². The van der Waals surface area contributed by atoms with Crippen molar-refractivity contribution in [2.45, 2.75) is 33.2 Å². The summed E-state index contributed by atoms with van der Waals surface area (Å²) >= 11 is 0. The SMILES string of the molecule is COc1ccc(C)cc1NC(=O)[C@@H](CC(C)C)N1C(=O)c2ccccc2C1=O. The number of ether oxygens (including phenoxy) is 1. The Morgan fingerprint density at radius 3 is 2.21 bits per heavy atom. The Labute approximate surface area is 164 Å². The largest absolute Gasteiger partial charge is 0.495 e. The highest BCUT2D eigenvalue weighted by atomic mass is 16.5. The van der Waals surface area contributed by atoms with E-state index in [1.54, 1.807) is 36.4 Å². The molecule has 1 aliphatic heterocycles. The Hall–Kier alpha value is -3.15. The lowest BCUT2D eigenvalue weighted by molar-refractivity contribution is -0.120. The normalized spacial score (nSPS) is 14.2. The second-order valence-corrected chi connectivity index (χ2v) is 7.36. The van der Waals surface area contributed by atoms with Crippen LogP contribution in [-0.2, 0) is 4.79 Å². The second-order valence-electron chi connectivity index (χ2n) is 7.36. The topological polar surface area (TPSA) is 75.7 Å². The van der Waals surface area contributed by atoms with Gasteiger partial charge in [-0.3, -0.25) is 19.3 Å². The lowest BCUT2D eigenvalue weighted by atomic mass is 10.0. The minimum absolute atomic E-state index is 0.111. The Bertz CT molecular complexity index is 901. The number of hydrogen-bond acceptors (Lipinski definition) is 4. The third kappa shape index (κ3) is 3.63. The summed E-state index contributed by atoms with van der Waals surface area (Å²) in [5.41, 5.74) is 2.14. The molecule has 2 aromatic rings. The third-order valence-corrected chi connectivity index (χ3v) is 4.75. The van der Waals surface area contributed by atoms with Crippen molar-refractivity contribution in [3.8, 4) is 5.75 Å². The van der Waals surface area contributed by atoms with Gasteiger partial charge in [0, 0.05) is 0 Å². The van der Waals surface area contributed by atoms with Crippen molar-refractivity contribution in [1.82, 2.24) is 4.90 Å². The number of fused-ring (bicyclic) bond motifs is 1. The first kappa shape index (κ1) is 19.6. The quantitative estimate of drug-likeness (QED) is 0.776. The molecule has 1 aliphatic rings. The standard InChI is InChI=1S/C22H24N2O4/c1-13(2)11-18(20(25)23-17-12-14(3)9-10-19(17)28-4)24-21(26)15-7-5-6-8-16(15)22(24)27/h5-10,12-13,18H,11H2,1-4H3,(H,23,25)/t18-/m1/s1. The number of methoxy groups -OCH3 is 1. The van der Waals surface area contributed by atoms with Gasteiger partial charge in [-0.15, -0.1) is 0 Å². The maximum Gasteiger partial charge on any atom is 0.262 e. The first-order valence-corrected chi connectivity index (χ1v) is 9.26. The number of carbonyl (C=O) groups excluding carboxylic acids is 3. The van der Waals surface area contributed by atoms with Gasteiger partial charge in [-0.2, -0.15) is 0 Å². The molecule has 0 aromatic heterocycles. The zero-order chi connectivity index (χ0) is 20.4. The third-order valence-electron chi connectivity index (χ3n) is 4.75. The fraction of sp³-hybridized carbons (Fsp3) is 0.318. The predicted molar refractivity (Wildman–Crippen MR) is 107 cm³/mol. The number of rotatable bonds is 6. The van der Waals surface area contributed by atoms with Crippen LogP contribution in [0.5, 0.6) is 5.75 Å². The number of nitrogens with one attached hydrogen (secondary N) is 1. The molecule has 6 nitrogen and oxygen atoms in total. The predicted octanol–water partition coefficient (Wildman–Crippen LogP) is 3.65. The van der Waals surface area contributed by atoms with E-state index < -0.39 is 23.8 Å². The van der Waals surface area contributed by atoms with Crippen molar-refractivity contribution in [3.63, 3.8) is 0 Å². The van der Waals surface area contributed by atoms with Gasteiger partial charge in [-0.05, 0) is 49.1 Å². The van der Waals surface area contributed by atoms with Gasteiger partial charge in [0.1, 0.15) is 11.8 Å². The molecule has 1 atom stereocenters. The number of nitrogens with zero attached hydrogens (tertiary/aromatic N) is 1. The van der Waals surface area contributed by atoms with E-state index in [-0.39, 0.29) is 5.92 Å². The smallest absolute Gasteiger partial charge is 0.262 e. The van der Waals surface area contributed by atoms with Crippen LogP contribution in [-0.4, -0.2) is 35.8 Å². The fourth-order valence-electron chi connectivity index (χ4n) is 3.40. The summed E-state index contributed by atoms with van der Waals surface area (Å²) < 4.78 is 5.32. The molecule has 3 rings (SSSR count). The van der Waals surface area contributed by atoms with Crippen LogP contribution in [0.15, 0.2) is 42.5 Å². The molecular weight excluding hydrogens is 356 g/mol. The Morgan fingerprint density at radius 2 is 1.68 bits per heavy atom. The van der Waals surface area contributed by atoms with Crippen LogP contribution in [0, 0.1) is 12.8 Å². The molecule has 3 amide bonds. The van der Waals surface area contributed by atoms with Crippen molar-refractivity contribution in [2.24, 2.45) is 5.92 Å². The summed E-state index contributed by atoms with van der Waals surface area (Å²) in [5, 5.41) is 2.84. The number of hydrogen-bond donors (Lipinski definition) is 1. The van der Waals surface area contributed by atoms with E-state index in [1.807, 2.05) is 26.8 Å². The van der Waals surface area contributed by atoms with Crippen molar-refractivity contribution in [1.29, 1.82) is 0 Å². The van der Waals surface area contributed by atoms with E-state index in [4.69, 9.17) is 4.74 Å². The van der Waals surface area contributed by atoms with Crippen LogP contribution >= 0.6 is 0 Å². The molecule has 2 aromatic carbocycles. The number of imide groups is 1. The molecule has 0 bridgehead atoms. The van der Waals surface area contributed by atoms with Gasteiger partial charge in [0.15, 0.2) is 0 Å². The first-order valence-electron chi connectivity index (χ1n) is 9.26. The van der Waals surface area contributed by atoms with E-state index in [2.05, 4.69) is 5.32 Å². The molecule has 1 N–H and O–H groups in total. The molecule has 146 valence electrons. The zero-order valence-electron chi connectivity index (χ0n) is 16.5. The average Bonchev–Trinajstić information content (AvgIpc) is 2.91. The van der Waals surface area contributed by atoms with Crippen molar-refractivity contribution in [3.05, 3.63) is 59.2 Å². The Balaban J connectivity index is 1.93. The van der Waals surface area contributed by atoms with Crippen molar-refractivity contribution >= 4 is 23.4 Å². The van der Waals surface area contributed by atoms with E-state index in [1.165, 1.54) is 7.11 Å². The molecule has 0 spiro atoms. The average molecular weight is 380 g/mol. The van der Waals surface area contributed by atoms with Crippen LogP contribution in [0.3, 0.4) is 0 Å². The minimum atomic E-state index is -0.905. The number of benzene rings is 2. The Morgan fingerprint density at radius 1 is 1.07 bits per heavy atom. The van der Waals surface area contributed by atoms with Crippen molar-refractivity contribution < 1.29 is 19.1 Å². The lowest BCUT2D eigenvalue weighted by Gasteiger charge is -2.27. The number of anilines is 1. The van der Waals surface area contributed by atoms with Gasteiger partial charge in [-0.25, -0.2) is 0 Å². The summed E-state index contributed by atoms with van der Waals surface area (Å²) in [4.78, 5) is 40.0. The van der Waals surface area contributed by atoms with Gasteiger partial charge in [0.05, 0.1) is 23.9 Å². The highest BCUT2D eigenvalue weighted by molar-refractivity contribution is 6.23. The highest BCUT2D eigenvalue weighted by Gasteiger charge is 2.42. The summed E-state index contributed by atoms with van der Waals surface area (Å²) in [6, 6.07) is 11.2. The van der Waals surface area contributed by atoms with E-state index >= 15 is 0 Å². The first-order chi connectivity index (χ1) is 13.3. The van der Waals surface area contributed by atoms with Gasteiger partial charge in [-0.1, -0.05) is 32.0 Å². The molecule has 0 unspecified atom stereocenters. The Kier molecular flexibility index (Phi) is 5.49. The van der Waals surface area contributed by atoms with Crippen molar-refractivity contribution in [2.75, 3.05) is 12.4 Å². The van der Waals surface area contributed by atoms with Crippen LogP contribution in [0.2, 0.25) is 0 Å². The summed E-state index contributed by atoms with van der Waals surface area (Å²) in [7, 11) is 1.52. The molecule has 0 saturated heterocycles. The molecule has 0 aliphatic carbocycles. The number of amides is 3. The van der Waals surface area contributed by atoms with Gasteiger partial charge in [0.2, 0.25) is 5.91 Å². The van der Waals surface area contributed by atoms with E-state index in [9.17, 15) is 14.4 Å². The van der Waals surface area contributed by atoms with E-state index in [0.717, 1.165) is 10.5 Å². The van der Waals surface area contributed by atoms with Gasteiger partial charge < -0.3 is 10.1 Å². The number of carbonyl (C=O) groups is 3. The monoisotopic (exact) mass is 380 g/mol.